The van der Waals surface area contributed by atoms with Crippen LogP contribution in [0.2, 0.25) is 0 Å². The minimum absolute atomic E-state index is 0.616. The number of aromatic nitrogens is 1. The van der Waals surface area contributed by atoms with Crippen molar-refractivity contribution in [1.29, 1.82) is 5.26 Å². The van der Waals surface area contributed by atoms with Crippen molar-refractivity contribution in [3.8, 4) is 39.6 Å². The zero-order chi connectivity index (χ0) is 22.2. The van der Waals surface area contributed by atoms with E-state index in [0.29, 0.717) is 5.56 Å². The van der Waals surface area contributed by atoms with Crippen molar-refractivity contribution in [1.82, 2.24) is 4.98 Å². The minimum atomic E-state index is 0.616. The van der Waals surface area contributed by atoms with E-state index < -0.39 is 0 Å². The fraction of sp³-hybridized carbons (Fsp3) is 0. The smallest absolute Gasteiger partial charge is 0.0992 e. The quantitative estimate of drug-likeness (QED) is 0.278. The summed E-state index contributed by atoms with van der Waals surface area (Å²) in [6.45, 7) is 0. The Kier molecular flexibility index (Phi) is 4.72. The maximum absolute atomic E-state index is 9.22. The first-order valence-corrected chi connectivity index (χ1v) is 11.6. The van der Waals surface area contributed by atoms with E-state index in [1.807, 2.05) is 23.5 Å². The second-order valence-corrected chi connectivity index (χ2v) is 9.10. The predicted octanol–water partition coefficient (Wildman–Crippen LogP) is 8.32. The van der Waals surface area contributed by atoms with E-state index >= 15 is 0 Å². The molecule has 0 N–H and O–H groups in total. The normalized spacial score (nSPS) is 11.0. The molecule has 3 heteroatoms. The molecule has 0 atom stereocenters. The number of nitriles is 1. The maximum Gasteiger partial charge on any atom is 0.0992 e. The lowest BCUT2D eigenvalue weighted by Crippen LogP contribution is -1.86. The average Bonchev–Trinajstić information content (AvgIpc) is 3.26. The number of hydrogen-bond acceptors (Lipinski definition) is 3. The van der Waals surface area contributed by atoms with Gasteiger partial charge in [-0.15, -0.1) is 11.3 Å². The zero-order valence-corrected chi connectivity index (χ0v) is 18.5. The lowest BCUT2D eigenvalue weighted by atomic mass is 9.98. The molecule has 2 aromatic heterocycles. The Morgan fingerprint density at radius 3 is 1.94 bits per heavy atom. The largest absolute Gasteiger partial charge is 0.256 e. The molecule has 154 valence electrons. The number of thiophene rings is 1. The summed E-state index contributed by atoms with van der Waals surface area (Å²) in [6, 6.07) is 38.1. The van der Waals surface area contributed by atoms with Crippen molar-refractivity contribution in [2.24, 2.45) is 0 Å². The van der Waals surface area contributed by atoms with Crippen LogP contribution in [0.4, 0.5) is 0 Å². The number of pyridine rings is 1. The summed E-state index contributed by atoms with van der Waals surface area (Å²) in [5.41, 5.74) is 7.21. The van der Waals surface area contributed by atoms with Crippen LogP contribution in [0.1, 0.15) is 5.56 Å². The van der Waals surface area contributed by atoms with Gasteiger partial charge in [0, 0.05) is 31.9 Å². The third-order valence-electron chi connectivity index (χ3n) is 5.96. The highest BCUT2D eigenvalue weighted by molar-refractivity contribution is 7.25. The van der Waals surface area contributed by atoms with E-state index in [1.165, 1.54) is 36.9 Å². The molecule has 33 heavy (non-hydrogen) atoms. The summed E-state index contributed by atoms with van der Waals surface area (Å²) >= 11 is 1.83. The Hall–Kier alpha value is -4.26. The number of benzene rings is 4. The van der Waals surface area contributed by atoms with Crippen LogP contribution in [0.25, 0.3) is 53.7 Å². The van der Waals surface area contributed by atoms with E-state index in [0.717, 1.165) is 16.8 Å². The highest BCUT2D eigenvalue weighted by atomic mass is 32.1. The van der Waals surface area contributed by atoms with Gasteiger partial charge in [0.05, 0.1) is 17.3 Å². The highest BCUT2D eigenvalue weighted by Gasteiger charge is 2.10. The Labute approximate surface area is 196 Å². The van der Waals surface area contributed by atoms with Gasteiger partial charge in [0.25, 0.3) is 0 Å². The van der Waals surface area contributed by atoms with Crippen molar-refractivity contribution < 1.29 is 0 Å². The van der Waals surface area contributed by atoms with Crippen LogP contribution in [0.3, 0.4) is 0 Å². The third kappa shape index (κ3) is 3.57. The van der Waals surface area contributed by atoms with Crippen molar-refractivity contribution in [2.45, 2.75) is 0 Å². The summed E-state index contributed by atoms with van der Waals surface area (Å²) in [5.74, 6) is 0. The first-order valence-electron chi connectivity index (χ1n) is 10.8. The Morgan fingerprint density at radius 1 is 0.576 bits per heavy atom. The highest BCUT2D eigenvalue weighted by Crippen LogP contribution is 2.38. The van der Waals surface area contributed by atoms with Gasteiger partial charge in [0.15, 0.2) is 0 Å². The molecule has 0 bridgehead atoms. The Morgan fingerprint density at radius 2 is 1.21 bits per heavy atom. The number of rotatable bonds is 3. The monoisotopic (exact) mass is 438 g/mol. The van der Waals surface area contributed by atoms with Gasteiger partial charge >= 0.3 is 0 Å². The SMILES string of the molecule is N#Cc1ccnc(-c2cccc(-c3ccc4sc5ccc(-c6ccccc6)cc5c4c3)c2)c1. The molecule has 0 saturated heterocycles. The molecule has 0 radical (unpaired) electrons. The topological polar surface area (TPSA) is 36.7 Å². The van der Waals surface area contributed by atoms with Crippen LogP contribution >= 0.6 is 11.3 Å². The second kappa shape index (κ2) is 8.02. The van der Waals surface area contributed by atoms with E-state index in [4.69, 9.17) is 0 Å². The molecule has 0 aliphatic heterocycles. The Balaban J connectivity index is 1.47. The van der Waals surface area contributed by atoms with Crippen LogP contribution < -0.4 is 0 Å². The van der Waals surface area contributed by atoms with Gasteiger partial charge in [-0.2, -0.15) is 5.26 Å². The fourth-order valence-corrected chi connectivity index (χ4v) is 5.35. The molecule has 6 aromatic rings. The van der Waals surface area contributed by atoms with Crippen LogP contribution in [0.15, 0.2) is 109 Å². The van der Waals surface area contributed by atoms with Gasteiger partial charge in [-0.1, -0.05) is 60.7 Å². The summed E-state index contributed by atoms with van der Waals surface area (Å²) in [6.07, 6.45) is 1.69. The predicted molar refractivity (Wildman–Crippen MR) is 138 cm³/mol. The van der Waals surface area contributed by atoms with Gasteiger partial charge in [0.1, 0.15) is 0 Å². The number of fused-ring (bicyclic) bond motifs is 3. The van der Waals surface area contributed by atoms with Crippen LogP contribution in [-0.4, -0.2) is 4.98 Å². The molecule has 0 saturated carbocycles. The zero-order valence-electron chi connectivity index (χ0n) is 17.7. The third-order valence-corrected chi connectivity index (χ3v) is 7.11. The lowest BCUT2D eigenvalue weighted by Gasteiger charge is -2.07. The van der Waals surface area contributed by atoms with Gasteiger partial charge in [-0.3, -0.25) is 4.98 Å². The first-order chi connectivity index (χ1) is 16.3. The minimum Gasteiger partial charge on any atom is -0.256 e. The standard InChI is InChI=1S/C30H18N2S/c31-19-20-13-14-32-28(15-20)25-8-4-7-22(16-25)24-10-12-30-27(18-24)26-17-23(9-11-29(26)33-30)21-5-2-1-3-6-21/h1-18H. The molecule has 0 aliphatic rings. The molecule has 0 fully saturated rings. The van der Waals surface area contributed by atoms with Crippen molar-refractivity contribution >= 4 is 31.5 Å². The molecule has 0 amide bonds. The lowest BCUT2D eigenvalue weighted by molar-refractivity contribution is 1.31. The molecule has 2 nitrogen and oxygen atoms in total. The summed E-state index contributed by atoms with van der Waals surface area (Å²) in [4.78, 5) is 4.46. The summed E-state index contributed by atoms with van der Waals surface area (Å²) in [7, 11) is 0. The van der Waals surface area contributed by atoms with Crippen molar-refractivity contribution in [3.05, 3.63) is 115 Å². The molecule has 0 spiro atoms. The number of nitrogens with zero attached hydrogens (tertiary/aromatic N) is 2. The molecular weight excluding hydrogens is 420 g/mol. The first kappa shape index (κ1) is 19.4. The van der Waals surface area contributed by atoms with Gasteiger partial charge < -0.3 is 0 Å². The van der Waals surface area contributed by atoms with Crippen LogP contribution in [0, 0.1) is 11.3 Å². The average molecular weight is 439 g/mol. The van der Waals surface area contributed by atoms with E-state index in [2.05, 4.69) is 96.0 Å². The fourth-order valence-electron chi connectivity index (χ4n) is 4.28. The van der Waals surface area contributed by atoms with E-state index in [1.54, 1.807) is 12.3 Å². The summed E-state index contributed by atoms with van der Waals surface area (Å²) in [5, 5.41) is 11.8. The van der Waals surface area contributed by atoms with Gasteiger partial charge in [0.2, 0.25) is 0 Å². The molecule has 0 unspecified atom stereocenters. The van der Waals surface area contributed by atoms with Crippen molar-refractivity contribution in [2.75, 3.05) is 0 Å². The molecule has 6 rings (SSSR count). The van der Waals surface area contributed by atoms with E-state index in [9.17, 15) is 5.26 Å². The summed E-state index contributed by atoms with van der Waals surface area (Å²) < 4.78 is 2.59. The van der Waals surface area contributed by atoms with E-state index in [-0.39, 0.29) is 0 Å². The molecule has 2 heterocycles. The van der Waals surface area contributed by atoms with Crippen molar-refractivity contribution in [3.63, 3.8) is 0 Å². The molecular formula is C30H18N2S. The number of hydrogen-bond donors (Lipinski definition) is 0. The molecule has 4 aromatic carbocycles. The molecule has 0 aliphatic carbocycles. The van der Waals surface area contributed by atoms with Crippen LogP contribution in [-0.2, 0) is 0 Å². The Bertz CT molecular complexity index is 1670. The van der Waals surface area contributed by atoms with Gasteiger partial charge in [-0.05, 0) is 64.7 Å². The second-order valence-electron chi connectivity index (χ2n) is 8.01. The van der Waals surface area contributed by atoms with Crippen LogP contribution in [0.5, 0.6) is 0 Å². The van der Waals surface area contributed by atoms with Gasteiger partial charge in [-0.25, -0.2) is 0 Å². The maximum atomic E-state index is 9.22.